The maximum atomic E-state index is 12.5. The lowest BCUT2D eigenvalue weighted by Gasteiger charge is -2.14. The predicted octanol–water partition coefficient (Wildman–Crippen LogP) is 3.05. The van der Waals surface area contributed by atoms with Crippen molar-refractivity contribution < 1.29 is 18.7 Å². The van der Waals surface area contributed by atoms with Crippen molar-refractivity contribution in [3.63, 3.8) is 0 Å². The van der Waals surface area contributed by atoms with E-state index in [1.165, 1.54) is 12.1 Å². The van der Waals surface area contributed by atoms with Crippen molar-refractivity contribution in [2.45, 2.75) is 31.6 Å². The third-order valence-corrected chi connectivity index (χ3v) is 3.19. The third kappa shape index (κ3) is 1.58. The summed E-state index contributed by atoms with van der Waals surface area (Å²) in [6.45, 7) is 1.76. The van der Waals surface area contributed by atoms with Gasteiger partial charge in [-0.05, 0) is 37.0 Å². The molecule has 0 unspecified atom stereocenters. The van der Waals surface area contributed by atoms with E-state index in [0.717, 1.165) is 5.56 Å². The Morgan fingerprint density at radius 2 is 2.06 bits per heavy atom. The first-order valence-electron chi connectivity index (χ1n) is 5.10. The summed E-state index contributed by atoms with van der Waals surface area (Å²) in [5.74, 6) is -0.915. The van der Waals surface area contributed by atoms with Crippen LogP contribution < -0.4 is 0 Å². The minimum Gasteiger partial charge on any atom is -0.481 e. The number of rotatable bonds is 3. The highest BCUT2D eigenvalue weighted by Crippen LogP contribution is 2.50. The molecule has 0 heterocycles. The highest BCUT2D eigenvalue weighted by Gasteiger charge is 2.52. The molecule has 0 aliphatic heterocycles. The first kappa shape index (κ1) is 11.0. The summed E-state index contributed by atoms with van der Waals surface area (Å²) in [5.41, 5.74) is 0.296. The van der Waals surface area contributed by atoms with E-state index >= 15 is 0 Å². The van der Waals surface area contributed by atoms with E-state index in [0.29, 0.717) is 18.4 Å². The number of hydrogen-bond acceptors (Lipinski definition) is 1. The van der Waals surface area contributed by atoms with E-state index in [4.69, 9.17) is 5.11 Å². The summed E-state index contributed by atoms with van der Waals surface area (Å²) >= 11 is 0. The fourth-order valence-corrected chi connectivity index (χ4v) is 2.01. The lowest BCUT2D eigenvalue weighted by atomic mass is 9.90. The Balaban J connectivity index is 2.48. The summed E-state index contributed by atoms with van der Waals surface area (Å²) in [4.78, 5) is 11.1. The number of aliphatic carboxylic acids is 1. The number of aryl methyl sites for hydroxylation is 1. The van der Waals surface area contributed by atoms with Gasteiger partial charge < -0.3 is 5.11 Å². The largest absolute Gasteiger partial charge is 0.481 e. The van der Waals surface area contributed by atoms with Gasteiger partial charge in [0.15, 0.2) is 0 Å². The van der Waals surface area contributed by atoms with Gasteiger partial charge in [-0.1, -0.05) is 12.1 Å². The van der Waals surface area contributed by atoms with Crippen molar-refractivity contribution in [1.82, 2.24) is 0 Å². The average molecular weight is 226 g/mol. The van der Waals surface area contributed by atoms with Gasteiger partial charge in [0, 0.05) is 5.56 Å². The molecule has 1 saturated carbocycles. The second kappa shape index (κ2) is 3.54. The zero-order valence-electron chi connectivity index (χ0n) is 8.84. The summed E-state index contributed by atoms with van der Waals surface area (Å²) in [5, 5.41) is 9.12. The average Bonchev–Trinajstić information content (AvgIpc) is 2.98. The molecule has 4 heteroatoms. The molecule has 1 aromatic rings. The Morgan fingerprint density at radius 3 is 2.50 bits per heavy atom. The molecular formula is C12H12F2O2. The molecule has 1 aliphatic rings. The van der Waals surface area contributed by atoms with Gasteiger partial charge in [0.25, 0.3) is 6.43 Å². The lowest BCUT2D eigenvalue weighted by molar-refractivity contribution is -0.140. The summed E-state index contributed by atoms with van der Waals surface area (Å²) in [6.07, 6.45) is -1.48. The first-order chi connectivity index (χ1) is 7.47. The molecule has 0 atom stereocenters. The monoisotopic (exact) mass is 226 g/mol. The van der Waals surface area contributed by atoms with Crippen LogP contribution in [0.3, 0.4) is 0 Å². The number of alkyl halides is 2. The lowest BCUT2D eigenvalue weighted by Crippen LogP contribution is -2.20. The van der Waals surface area contributed by atoms with Crippen LogP contribution in [0.15, 0.2) is 18.2 Å². The Morgan fingerprint density at radius 1 is 1.44 bits per heavy atom. The van der Waals surface area contributed by atoms with E-state index in [-0.39, 0.29) is 5.56 Å². The fourth-order valence-electron chi connectivity index (χ4n) is 2.01. The SMILES string of the molecule is Cc1ccc(C(F)F)cc1C1(C(=O)O)CC1. The maximum absolute atomic E-state index is 12.5. The molecule has 2 nitrogen and oxygen atoms in total. The van der Waals surface area contributed by atoms with Gasteiger partial charge >= 0.3 is 5.97 Å². The van der Waals surface area contributed by atoms with Crippen molar-refractivity contribution in [3.05, 3.63) is 34.9 Å². The standard InChI is InChI=1S/C12H12F2O2/c1-7-2-3-8(10(13)14)6-9(7)12(4-5-12)11(15)16/h2-3,6,10H,4-5H2,1H3,(H,15,16). The molecule has 0 aromatic heterocycles. The van der Waals surface area contributed by atoms with Crippen molar-refractivity contribution in [2.75, 3.05) is 0 Å². The quantitative estimate of drug-likeness (QED) is 0.860. The Bertz CT molecular complexity index is 437. The number of hydrogen-bond donors (Lipinski definition) is 1. The van der Waals surface area contributed by atoms with Gasteiger partial charge in [-0.25, -0.2) is 8.78 Å². The molecule has 86 valence electrons. The molecule has 2 rings (SSSR count). The molecule has 1 N–H and O–H groups in total. The minimum atomic E-state index is -2.55. The molecular weight excluding hydrogens is 214 g/mol. The zero-order valence-corrected chi connectivity index (χ0v) is 8.84. The van der Waals surface area contributed by atoms with Crippen LogP contribution in [-0.4, -0.2) is 11.1 Å². The van der Waals surface area contributed by atoms with E-state index in [2.05, 4.69) is 0 Å². The smallest absolute Gasteiger partial charge is 0.314 e. The third-order valence-electron chi connectivity index (χ3n) is 3.19. The van der Waals surface area contributed by atoms with Crippen molar-refractivity contribution in [1.29, 1.82) is 0 Å². The molecule has 1 aromatic carbocycles. The van der Waals surface area contributed by atoms with Gasteiger partial charge in [-0.3, -0.25) is 4.79 Å². The normalized spacial score (nSPS) is 17.5. The number of benzene rings is 1. The Kier molecular flexibility index (Phi) is 2.45. The van der Waals surface area contributed by atoms with Gasteiger partial charge in [-0.2, -0.15) is 0 Å². The van der Waals surface area contributed by atoms with Crippen LogP contribution in [0, 0.1) is 6.92 Å². The van der Waals surface area contributed by atoms with Crippen LogP contribution in [0.25, 0.3) is 0 Å². The van der Waals surface area contributed by atoms with E-state index in [1.54, 1.807) is 13.0 Å². The van der Waals surface area contributed by atoms with Gasteiger partial charge in [-0.15, -0.1) is 0 Å². The van der Waals surface area contributed by atoms with Gasteiger partial charge in [0.2, 0.25) is 0 Å². The highest BCUT2D eigenvalue weighted by molar-refractivity contribution is 5.85. The predicted molar refractivity (Wildman–Crippen MR) is 54.7 cm³/mol. The number of carboxylic acids is 1. The minimum absolute atomic E-state index is 0.104. The Labute approximate surface area is 91.9 Å². The van der Waals surface area contributed by atoms with Crippen molar-refractivity contribution >= 4 is 5.97 Å². The van der Waals surface area contributed by atoms with Crippen LogP contribution in [0.1, 0.15) is 36.0 Å². The molecule has 0 saturated heterocycles. The Hall–Kier alpha value is -1.45. The van der Waals surface area contributed by atoms with Gasteiger partial charge in [0.05, 0.1) is 5.41 Å². The maximum Gasteiger partial charge on any atom is 0.314 e. The van der Waals surface area contributed by atoms with E-state index in [1.807, 2.05) is 0 Å². The van der Waals surface area contributed by atoms with E-state index in [9.17, 15) is 13.6 Å². The number of halogens is 2. The molecule has 0 spiro atoms. The van der Waals surface area contributed by atoms with Crippen LogP contribution in [0.4, 0.5) is 8.78 Å². The summed E-state index contributed by atoms with van der Waals surface area (Å²) in [6, 6.07) is 4.25. The molecule has 1 fully saturated rings. The molecule has 0 radical (unpaired) electrons. The van der Waals surface area contributed by atoms with Crippen LogP contribution in [0.5, 0.6) is 0 Å². The van der Waals surface area contributed by atoms with Crippen molar-refractivity contribution in [2.24, 2.45) is 0 Å². The second-order valence-electron chi connectivity index (χ2n) is 4.26. The van der Waals surface area contributed by atoms with Crippen LogP contribution in [0.2, 0.25) is 0 Å². The molecule has 0 amide bonds. The summed E-state index contributed by atoms with van der Waals surface area (Å²) in [7, 11) is 0. The zero-order chi connectivity index (χ0) is 11.9. The van der Waals surface area contributed by atoms with Crippen LogP contribution in [-0.2, 0) is 10.2 Å². The van der Waals surface area contributed by atoms with Crippen molar-refractivity contribution in [3.8, 4) is 0 Å². The second-order valence-corrected chi connectivity index (χ2v) is 4.26. The molecule has 0 bridgehead atoms. The molecule has 16 heavy (non-hydrogen) atoms. The van der Waals surface area contributed by atoms with E-state index < -0.39 is 17.8 Å². The molecule has 1 aliphatic carbocycles. The fraction of sp³-hybridized carbons (Fsp3) is 0.417. The number of carbonyl (C=O) groups is 1. The number of carboxylic acid groups (broad SMARTS) is 1. The topological polar surface area (TPSA) is 37.3 Å². The summed E-state index contributed by atoms with van der Waals surface area (Å²) < 4.78 is 25.1. The van der Waals surface area contributed by atoms with Crippen LogP contribution >= 0.6 is 0 Å². The highest BCUT2D eigenvalue weighted by atomic mass is 19.3. The first-order valence-corrected chi connectivity index (χ1v) is 5.10. The van der Waals surface area contributed by atoms with Gasteiger partial charge in [0.1, 0.15) is 0 Å².